The van der Waals surface area contributed by atoms with Crippen molar-refractivity contribution < 1.29 is 9.47 Å². The predicted octanol–water partition coefficient (Wildman–Crippen LogP) is 3.35. The van der Waals surface area contributed by atoms with E-state index in [1.165, 1.54) is 16.7 Å². The summed E-state index contributed by atoms with van der Waals surface area (Å²) in [5.41, 5.74) is 3.95. The molecule has 108 valence electrons. The van der Waals surface area contributed by atoms with Gasteiger partial charge in [0.1, 0.15) is 0 Å². The van der Waals surface area contributed by atoms with Gasteiger partial charge in [-0.2, -0.15) is 0 Å². The summed E-state index contributed by atoms with van der Waals surface area (Å²) >= 11 is 0. The molecule has 0 heterocycles. The van der Waals surface area contributed by atoms with Crippen molar-refractivity contribution in [3.63, 3.8) is 0 Å². The van der Waals surface area contributed by atoms with Gasteiger partial charge in [0, 0.05) is 25.8 Å². The van der Waals surface area contributed by atoms with E-state index in [0.717, 1.165) is 0 Å². The van der Waals surface area contributed by atoms with Crippen LogP contribution in [-0.2, 0) is 9.47 Å². The molecule has 19 heavy (non-hydrogen) atoms. The quantitative estimate of drug-likeness (QED) is 0.731. The summed E-state index contributed by atoms with van der Waals surface area (Å²) < 4.78 is 11.1. The monoisotopic (exact) mass is 265 g/mol. The van der Waals surface area contributed by atoms with E-state index in [1.54, 1.807) is 0 Å². The first-order valence-corrected chi connectivity index (χ1v) is 7.12. The van der Waals surface area contributed by atoms with E-state index in [-0.39, 0.29) is 6.29 Å². The Bertz CT molecular complexity index is 373. The minimum absolute atomic E-state index is 0.164. The zero-order valence-corrected chi connectivity index (χ0v) is 12.8. The standard InChI is InChI=1S/C16H27NO2/c1-6-18-16(19-7-2)11-17-14(5)15-10-12(3)8-9-13(15)4/h8-10,14,16-17H,6-7,11H2,1-5H3. The molecule has 0 aromatic heterocycles. The molecule has 3 nitrogen and oxygen atoms in total. The first-order chi connectivity index (χ1) is 9.08. The molecule has 1 rings (SSSR count). The fourth-order valence-corrected chi connectivity index (χ4v) is 2.15. The van der Waals surface area contributed by atoms with E-state index in [2.05, 4.69) is 44.3 Å². The lowest BCUT2D eigenvalue weighted by atomic mass is 10.00. The molecule has 0 aliphatic rings. The normalized spacial score (nSPS) is 12.9. The second-order valence-corrected chi connectivity index (χ2v) is 4.83. The van der Waals surface area contributed by atoms with Crippen LogP contribution in [0, 0.1) is 13.8 Å². The summed E-state index contributed by atoms with van der Waals surface area (Å²) in [5, 5.41) is 3.49. The molecule has 1 unspecified atom stereocenters. The highest BCUT2D eigenvalue weighted by Gasteiger charge is 2.12. The first kappa shape index (κ1) is 16.2. The SMILES string of the molecule is CCOC(CNC(C)c1cc(C)ccc1C)OCC. The highest BCUT2D eigenvalue weighted by atomic mass is 16.7. The van der Waals surface area contributed by atoms with E-state index < -0.39 is 0 Å². The third kappa shape index (κ3) is 5.31. The van der Waals surface area contributed by atoms with Crippen LogP contribution in [0.3, 0.4) is 0 Å². The number of nitrogens with one attached hydrogen (secondary N) is 1. The topological polar surface area (TPSA) is 30.5 Å². The van der Waals surface area contributed by atoms with Crippen LogP contribution in [0.1, 0.15) is 43.5 Å². The number of hydrogen-bond acceptors (Lipinski definition) is 3. The van der Waals surface area contributed by atoms with Gasteiger partial charge in [-0.3, -0.25) is 0 Å². The molecule has 0 spiro atoms. The van der Waals surface area contributed by atoms with Gasteiger partial charge in [-0.1, -0.05) is 23.8 Å². The molecule has 1 aromatic rings. The van der Waals surface area contributed by atoms with Crippen LogP contribution < -0.4 is 5.32 Å². The summed E-state index contributed by atoms with van der Waals surface area (Å²) in [4.78, 5) is 0. The van der Waals surface area contributed by atoms with Gasteiger partial charge in [0.2, 0.25) is 0 Å². The van der Waals surface area contributed by atoms with E-state index in [1.807, 2.05) is 13.8 Å². The van der Waals surface area contributed by atoms with Crippen LogP contribution in [-0.4, -0.2) is 26.0 Å². The van der Waals surface area contributed by atoms with E-state index in [9.17, 15) is 0 Å². The number of benzene rings is 1. The smallest absolute Gasteiger partial charge is 0.169 e. The van der Waals surface area contributed by atoms with E-state index >= 15 is 0 Å². The fraction of sp³-hybridized carbons (Fsp3) is 0.625. The highest BCUT2D eigenvalue weighted by molar-refractivity contribution is 5.32. The van der Waals surface area contributed by atoms with Crippen molar-refractivity contribution in [2.75, 3.05) is 19.8 Å². The van der Waals surface area contributed by atoms with Crippen molar-refractivity contribution in [2.45, 2.75) is 47.0 Å². The Labute approximate surface area is 117 Å². The van der Waals surface area contributed by atoms with Gasteiger partial charge in [0.25, 0.3) is 0 Å². The minimum atomic E-state index is -0.164. The lowest BCUT2D eigenvalue weighted by molar-refractivity contribution is -0.133. The average Bonchev–Trinajstić information content (AvgIpc) is 2.39. The molecule has 0 saturated carbocycles. The lowest BCUT2D eigenvalue weighted by Gasteiger charge is -2.22. The molecule has 1 N–H and O–H groups in total. The van der Waals surface area contributed by atoms with Crippen molar-refractivity contribution in [1.29, 1.82) is 0 Å². The third-order valence-electron chi connectivity index (χ3n) is 3.20. The molecule has 0 fully saturated rings. The zero-order valence-electron chi connectivity index (χ0n) is 12.8. The molecule has 0 radical (unpaired) electrons. The second kappa shape index (κ2) is 8.31. The van der Waals surface area contributed by atoms with E-state index in [4.69, 9.17) is 9.47 Å². The van der Waals surface area contributed by atoms with Gasteiger partial charge >= 0.3 is 0 Å². The van der Waals surface area contributed by atoms with Crippen molar-refractivity contribution in [1.82, 2.24) is 5.32 Å². The Hall–Kier alpha value is -0.900. The van der Waals surface area contributed by atoms with Crippen LogP contribution in [0.25, 0.3) is 0 Å². The van der Waals surface area contributed by atoms with Crippen LogP contribution >= 0.6 is 0 Å². The van der Waals surface area contributed by atoms with Crippen LogP contribution in [0.15, 0.2) is 18.2 Å². The van der Waals surface area contributed by atoms with E-state index in [0.29, 0.717) is 25.8 Å². The Morgan fingerprint density at radius 3 is 2.32 bits per heavy atom. The molecule has 0 amide bonds. The average molecular weight is 265 g/mol. The molecule has 0 aliphatic carbocycles. The lowest BCUT2D eigenvalue weighted by Crippen LogP contribution is -2.33. The van der Waals surface area contributed by atoms with Gasteiger partial charge in [-0.15, -0.1) is 0 Å². The molecular formula is C16H27NO2. The number of ether oxygens (including phenoxy) is 2. The third-order valence-corrected chi connectivity index (χ3v) is 3.20. The summed E-state index contributed by atoms with van der Waals surface area (Å²) in [6.07, 6.45) is -0.164. The van der Waals surface area contributed by atoms with Crippen molar-refractivity contribution >= 4 is 0 Å². The van der Waals surface area contributed by atoms with Gasteiger partial charge in [-0.25, -0.2) is 0 Å². The maximum absolute atomic E-state index is 5.54. The number of aryl methyl sites for hydroxylation is 2. The molecule has 3 heteroatoms. The zero-order chi connectivity index (χ0) is 14.3. The molecule has 1 atom stereocenters. The number of rotatable bonds is 8. The Kier molecular flexibility index (Phi) is 7.06. The molecule has 0 aliphatic heterocycles. The van der Waals surface area contributed by atoms with Crippen molar-refractivity contribution in [3.05, 3.63) is 34.9 Å². The van der Waals surface area contributed by atoms with Crippen LogP contribution in [0.5, 0.6) is 0 Å². The number of hydrogen-bond donors (Lipinski definition) is 1. The molecular weight excluding hydrogens is 238 g/mol. The maximum Gasteiger partial charge on any atom is 0.169 e. The summed E-state index contributed by atoms with van der Waals surface area (Å²) in [5.74, 6) is 0. The summed E-state index contributed by atoms with van der Waals surface area (Å²) in [6, 6.07) is 6.85. The Morgan fingerprint density at radius 1 is 1.11 bits per heavy atom. The minimum Gasteiger partial charge on any atom is -0.352 e. The Balaban J connectivity index is 2.58. The molecule has 1 aromatic carbocycles. The van der Waals surface area contributed by atoms with Crippen LogP contribution in [0.4, 0.5) is 0 Å². The first-order valence-electron chi connectivity index (χ1n) is 7.12. The Morgan fingerprint density at radius 2 is 1.74 bits per heavy atom. The largest absolute Gasteiger partial charge is 0.352 e. The van der Waals surface area contributed by atoms with Gasteiger partial charge in [0.05, 0.1) is 0 Å². The van der Waals surface area contributed by atoms with Crippen molar-refractivity contribution in [3.8, 4) is 0 Å². The summed E-state index contributed by atoms with van der Waals surface area (Å²) in [6.45, 7) is 12.5. The summed E-state index contributed by atoms with van der Waals surface area (Å²) in [7, 11) is 0. The van der Waals surface area contributed by atoms with Crippen LogP contribution in [0.2, 0.25) is 0 Å². The molecule has 0 bridgehead atoms. The second-order valence-electron chi connectivity index (χ2n) is 4.83. The van der Waals surface area contributed by atoms with Gasteiger partial charge in [0.15, 0.2) is 6.29 Å². The van der Waals surface area contributed by atoms with Crippen molar-refractivity contribution in [2.24, 2.45) is 0 Å². The van der Waals surface area contributed by atoms with Gasteiger partial charge < -0.3 is 14.8 Å². The predicted molar refractivity (Wildman–Crippen MR) is 79.4 cm³/mol. The highest BCUT2D eigenvalue weighted by Crippen LogP contribution is 2.18. The van der Waals surface area contributed by atoms with Gasteiger partial charge in [-0.05, 0) is 45.7 Å². The molecule has 0 saturated heterocycles. The fourth-order valence-electron chi connectivity index (χ4n) is 2.15. The maximum atomic E-state index is 5.54.